The van der Waals surface area contributed by atoms with Gasteiger partial charge in [0.05, 0.1) is 19.1 Å². The lowest BCUT2D eigenvalue weighted by atomic mass is 9.81. The summed E-state index contributed by atoms with van der Waals surface area (Å²) in [7, 11) is 0. The number of amides is 1. The number of carbonyl (C=O) groups is 3. The van der Waals surface area contributed by atoms with Gasteiger partial charge in [-0.15, -0.1) is 0 Å². The first-order valence-electron chi connectivity index (χ1n) is 7.32. The summed E-state index contributed by atoms with van der Waals surface area (Å²) in [4.78, 5) is 38.0. The fourth-order valence-corrected chi connectivity index (χ4v) is 3.19. The van der Waals surface area contributed by atoms with Gasteiger partial charge in [0.15, 0.2) is 5.41 Å². The second-order valence-corrected chi connectivity index (χ2v) is 7.44. The molecule has 2 heterocycles. The number of ether oxygens (including phenoxy) is 2. The minimum atomic E-state index is -1.76. The second kappa shape index (κ2) is 4.94. The molecule has 2 rings (SSSR count). The highest BCUT2D eigenvalue weighted by Gasteiger charge is 2.63. The highest BCUT2D eigenvalue weighted by molar-refractivity contribution is 6.06. The topological polar surface area (TPSA) is 93.1 Å². The van der Waals surface area contributed by atoms with Gasteiger partial charge < -0.3 is 19.5 Å². The van der Waals surface area contributed by atoms with E-state index in [4.69, 9.17) is 9.47 Å². The van der Waals surface area contributed by atoms with Gasteiger partial charge in [-0.2, -0.15) is 0 Å². The van der Waals surface area contributed by atoms with E-state index in [2.05, 4.69) is 0 Å². The van der Waals surface area contributed by atoms with Crippen molar-refractivity contribution >= 4 is 17.8 Å². The first kappa shape index (κ1) is 16.7. The zero-order chi connectivity index (χ0) is 16.9. The van der Waals surface area contributed by atoms with E-state index in [-0.39, 0.29) is 19.1 Å². The molecule has 2 atom stereocenters. The molecule has 0 bridgehead atoms. The molecule has 124 valence electrons. The molecule has 0 aromatic carbocycles. The van der Waals surface area contributed by atoms with Gasteiger partial charge in [0, 0.05) is 0 Å². The molecule has 2 aliphatic heterocycles. The predicted octanol–water partition coefficient (Wildman–Crippen LogP) is 1.16. The van der Waals surface area contributed by atoms with Crippen molar-refractivity contribution in [3.05, 3.63) is 0 Å². The van der Waals surface area contributed by atoms with E-state index >= 15 is 0 Å². The van der Waals surface area contributed by atoms with Crippen LogP contribution in [0.5, 0.6) is 0 Å². The van der Waals surface area contributed by atoms with E-state index < -0.39 is 41.0 Å². The van der Waals surface area contributed by atoms with Crippen LogP contribution in [0.1, 0.15) is 47.5 Å². The van der Waals surface area contributed by atoms with Crippen LogP contribution in [0.15, 0.2) is 0 Å². The van der Waals surface area contributed by atoms with Gasteiger partial charge in [0.1, 0.15) is 11.3 Å². The molecule has 7 heteroatoms. The van der Waals surface area contributed by atoms with Gasteiger partial charge in [0.2, 0.25) is 5.91 Å². The number of hydrogen-bond acceptors (Lipinski definition) is 5. The number of esters is 1. The van der Waals surface area contributed by atoms with E-state index in [0.717, 1.165) is 0 Å². The molecule has 0 aliphatic carbocycles. The number of carbonyl (C=O) groups excluding carboxylic acids is 2. The Balaban J connectivity index is 2.27. The van der Waals surface area contributed by atoms with Crippen molar-refractivity contribution in [1.82, 2.24) is 4.90 Å². The molecule has 2 saturated heterocycles. The van der Waals surface area contributed by atoms with Crippen molar-refractivity contribution in [1.29, 1.82) is 0 Å². The summed E-state index contributed by atoms with van der Waals surface area (Å²) in [5.41, 5.74) is -3.34. The molecule has 22 heavy (non-hydrogen) atoms. The third-order valence-electron chi connectivity index (χ3n) is 4.06. The quantitative estimate of drug-likeness (QED) is 0.621. The maximum atomic E-state index is 12.7. The Morgan fingerprint density at radius 2 is 2.00 bits per heavy atom. The minimum Gasteiger partial charge on any atom is -0.480 e. The maximum Gasteiger partial charge on any atom is 0.319 e. The largest absolute Gasteiger partial charge is 0.480 e. The average molecular weight is 313 g/mol. The molecule has 0 aromatic rings. The van der Waals surface area contributed by atoms with Crippen LogP contribution in [0, 0.1) is 5.41 Å². The SMILES string of the molecule is CC(C)(C)OC(=O)CC1(C(=O)O)C[C@H]2COC(C)(C)N2C1=O. The van der Waals surface area contributed by atoms with Gasteiger partial charge in [0.25, 0.3) is 0 Å². The first-order chi connectivity index (χ1) is 9.89. The lowest BCUT2D eigenvalue weighted by Crippen LogP contribution is -2.49. The van der Waals surface area contributed by atoms with Crippen molar-refractivity contribution in [3.63, 3.8) is 0 Å². The Morgan fingerprint density at radius 3 is 2.45 bits per heavy atom. The van der Waals surface area contributed by atoms with Crippen LogP contribution >= 0.6 is 0 Å². The molecular formula is C15H23NO6. The van der Waals surface area contributed by atoms with E-state index in [1.165, 1.54) is 4.90 Å². The molecule has 7 nitrogen and oxygen atoms in total. The summed E-state index contributed by atoms with van der Waals surface area (Å²) >= 11 is 0. The summed E-state index contributed by atoms with van der Waals surface area (Å²) in [6.07, 6.45) is -0.397. The van der Waals surface area contributed by atoms with Gasteiger partial charge >= 0.3 is 11.9 Å². The second-order valence-electron chi connectivity index (χ2n) is 7.44. The molecule has 1 amide bonds. The lowest BCUT2D eigenvalue weighted by molar-refractivity contribution is -0.172. The minimum absolute atomic E-state index is 0.0594. The number of carboxylic acids is 1. The smallest absolute Gasteiger partial charge is 0.319 e. The van der Waals surface area contributed by atoms with E-state index in [0.29, 0.717) is 0 Å². The highest BCUT2D eigenvalue weighted by atomic mass is 16.6. The maximum absolute atomic E-state index is 12.7. The Labute approximate surface area is 129 Å². The van der Waals surface area contributed by atoms with Gasteiger partial charge in [-0.25, -0.2) is 0 Å². The van der Waals surface area contributed by atoms with E-state index in [1.54, 1.807) is 34.6 Å². The molecule has 0 spiro atoms. The normalized spacial score (nSPS) is 30.3. The summed E-state index contributed by atoms with van der Waals surface area (Å²) in [6, 6.07) is -0.318. The predicted molar refractivity (Wildman–Crippen MR) is 75.8 cm³/mol. The third-order valence-corrected chi connectivity index (χ3v) is 4.06. The van der Waals surface area contributed by atoms with Gasteiger partial charge in [-0.05, 0) is 41.0 Å². The molecule has 2 aliphatic rings. The van der Waals surface area contributed by atoms with Crippen molar-refractivity contribution in [3.8, 4) is 0 Å². The first-order valence-corrected chi connectivity index (χ1v) is 7.32. The van der Waals surface area contributed by atoms with Gasteiger partial charge in [-0.1, -0.05) is 0 Å². The molecule has 0 aromatic heterocycles. The van der Waals surface area contributed by atoms with Crippen LogP contribution in [-0.4, -0.2) is 51.8 Å². The summed E-state index contributed by atoms with van der Waals surface area (Å²) in [5, 5.41) is 9.61. The molecule has 2 fully saturated rings. The number of fused-ring (bicyclic) bond motifs is 1. The molecule has 1 unspecified atom stereocenters. The highest BCUT2D eigenvalue weighted by Crippen LogP contribution is 2.46. The van der Waals surface area contributed by atoms with Crippen LogP contribution < -0.4 is 0 Å². The molecule has 0 saturated carbocycles. The Kier molecular flexibility index (Phi) is 3.76. The van der Waals surface area contributed by atoms with Crippen molar-refractivity contribution in [2.75, 3.05) is 6.61 Å². The number of aliphatic carboxylic acids is 1. The Morgan fingerprint density at radius 1 is 1.41 bits per heavy atom. The van der Waals surface area contributed by atoms with Gasteiger partial charge in [-0.3, -0.25) is 14.4 Å². The Bertz CT molecular complexity index is 521. The van der Waals surface area contributed by atoms with Crippen LogP contribution in [0.2, 0.25) is 0 Å². The average Bonchev–Trinajstić information content (AvgIpc) is 2.74. The third kappa shape index (κ3) is 2.69. The van der Waals surface area contributed by atoms with Crippen LogP contribution in [0.4, 0.5) is 0 Å². The standard InChI is InChI=1S/C15H23NO6/c1-13(2,3)22-10(17)7-15(12(19)20)6-9-8-21-14(4,5)16(9)11(15)18/h9H,6-8H2,1-5H3,(H,19,20)/t9-,15?/m0/s1. The number of rotatable bonds is 3. The Hall–Kier alpha value is -1.63. The molecule has 1 N–H and O–H groups in total. The zero-order valence-electron chi connectivity index (χ0n) is 13.6. The van der Waals surface area contributed by atoms with E-state index in [9.17, 15) is 19.5 Å². The van der Waals surface area contributed by atoms with Crippen LogP contribution in [-0.2, 0) is 23.9 Å². The molecular weight excluding hydrogens is 290 g/mol. The summed E-state index contributed by atoms with van der Waals surface area (Å²) in [5.74, 6) is -2.53. The summed E-state index contributed by atoms with van der Waals surface area (Å²) < 4.78 is 10.7. The zero-order valence-corrected chi connectivity index (χ0v) is 13.6. The monoisotopic (exact) mass is 313 g/mol. The van der Waals surface area contributed by atoms with Crippen LogP contribution in [0.3, 0.4) is 0 Å². The number of hydrogen-bond donors (Lipinski definition) is 1. The molecule has 0 radical (unpaired) electrons. The fraction of sp³-hybridized carbons (Fsp3) is 0.800. The van der Waals surface area contributed by atoms with Crippen LogP contribution in [0.25, 0.3) is 0 Å². The van der Waals surface area contributed by atoms with Crippen molar-refractivity contribution in [2.45, 2.75) is 64.8 Å². The number of nitrogens with zero attached hydrogens (tertiary/aromatic N) is 1. The van der Waals surface area contributed by atoms with E-state index in [1.807, 2.05) is 0 Å². The fourth-order valence-electron chi connectivity index (χ4n) is 3.19. The summed E-state index contributed by atoms with van der Waals surface area (Å²) in [6.45, 7) is 8.81. The number of carboxylic acid groups (broad SMARTS) is 1. The van der Waals surface area contributed by atoms with Crippen molar-refractivity contribution in [2.24, 2.45) is 5.41 Å². The van der Waals surface area contributed by atoms with Crippen molar-refractivity contribution < 1.29 is 29.0 Å². The lowest BCUT2D eigenvalue weighted by Gasteiger charge is -2.31.